The molecule has 0 spiro atoms. The van der Waals surface area contributed by atoms with Gasteiger partial charge in [0.1, 0.15) is 0 Å². The molecule has 1 aromatic carbocycles. The van der Waals surface area contributed by atoms with Crippen LogP contribution in [0.1, 0.15) is 24.0 Å². The van der Waals surface area contributed by atoms with Crippen molar-refractivity contribution in [2.24, 2.45) is 0 Å². The summed E-state index contributed by atoms with van der Waals surface area (Å²) in [7, 11) is 0. The molecule has 1 aliphatic carbocycles. The lowest BCUT2D eigenvalue weighted by Gasteiger charge is -2.35. The molecule has 0 atom stereocenters. The van der Waals surface area contributed by atoms with Crippen LogP contribution in [0, 0.1) is 6.92 Å². The van der Waals surface area contributed by atoms with Gasteiger partial charge in [-0.05, 0) is 12.5 Å². The zero-order valence-corrected chi connectivity index (χ0v) is 8.76. The summed E-state index contributed by atoms with van der Waals surface area (Å²) in [6, 6.07) is 8.11. The van der Waals surface area contributed by atoms with E-state index in [0.717, 1.165) is 5.56 Å². The van der Waals surface area contributed by atoms with Crippen LogP contribution in [0.5, 0.6) is 0 Å². The molecule has 0 aliphatic heterocycles. The zero-order chi connectivity index (χ0) is 10.9. The van der Waals surface area contributed by atoms with Gasteiger partial charge in [0.25, 0.3) is 5.92 Å². The van der Waals surface area contributed by atoms with Crippen molar-refractivity contribution in [3.63, 3.8) is 0 Å². The third kappa shape index (κ3) is 2.75. The molecule has 1 nitrogen and oxygen atoms in total. The molecule has 82 valence electrons. The molecule has 0 unspecified atom stereocenters. The maximum absolute atomic E-state index is 12.5. The molecule has 0 heterocycles. The summed E-state index contributed by atoms with van der Waals surface area (Å²) in [6.07, 6.45) is -0.0300. The maximum Gasteiger partial charge on any atom is 0.251 e. The monoisotopic (exact) mass is 211 g/mol. The van der Waals surface area contributed by atoms with Crippen LogP contribution in [0.25, 0.3) is 0 Å². The molecule has 1 saturated carbocycles. The summed E-state index contributed by atoms with van der Waals surface area (Å²) < 4.78 is 25.1. The predicted molar refractivity (Wildman–Crippen MR) is 56.0 cm³/mol. The minimum atomic E-state index is -2.43. The molecule has 1 fully saturated rings. The Labute approximate surface area is 88.5 Å². The van der Waals surface area contributed by atoms with E-state index in [0.29, 0.717) is 6.54 Å². The number of nitrogens with one attached hydrogen (secondary N) is 1. The van der Waals surface area contributed by atoms with E-state index >= 15 is 0 Å². The Morgan fingerprint density at radius 2 is 1.87 bits per heavy atom. The van der Waals surface area contributed by atoms with E-state index in [1.165, 1.54) is 5.56 Å². The lowest BCUT2D eigenvalue weighted by atomic mass is 9.88. The van der Waals surface area contributed by atoms with Crippen molar-refractivity contribution >= 4 is 0 Å². The first-order valence-corrected chi connectivity index (χ1v) is 5.22. The van der Waals surface area contributed by atoms with Crippen LogP contribution in [0.2, 0.25) is 0 Å². The summed E-state index contributed by atoms with van der Waals surface area (Å²) in [5.41, 5.74) is 2.37. The molecular weight excluding hydrogens is 196 g/mol. The Kier molecular flexibility index (Phi) is 2.74. The van der Waals surface area contributed by atoms with Crippen LogP contribution >= 0.6 is 0 Å². The zero-order valence-electron chi connectivity index (χ0n) is 8.76. The van der Waals surface area contributed by atoms with Crippen molar-refractivity contribution in [3.05, 3.63) is 35.4 Å². The highest BCUT2D eigenvalue weighted by molar-refractivity contribution is 5.21. The SMILES string of the molecule is Cc1ccc(CNC2CC(F)(F)C2)cc1. The van der Waals surface area contributed by atoms with Gasteiger partial charge in [0.15, 0.2) is 0 Å². The molecule has 0 amide bonds. The third-order valence-corrected chi connectivity index (χ3v) is 2.81. The van der Waals surface area contributed by atoms with Crippen molar-refractivity contribution in [3.8, 4) is 0 Å². The molecule has 0 radical (unpaired) electrons. The summed E-state index contributed by atoms with van der Waals surface area (Å²) >= 11 is 0. The number of benzene rings is 1. The lowest BCUT2D eigenvalue weighted by molar-refractivity contribution is -0.0930. The molecule has 1 aliphatic rings. The van der Waals surface area contributed by atoms with Gasteiger partial charge in [-0.15, -0.1) is 0 Å². The summed E-state index contributed by atoms with van der Waals surface area (Å²) in [5, 5.41) is 3.13. The molecule has 0 bridgehead atoms. The number of halogens is 2. The van der Waals surface area contributed by atoms with E-state index in [4.69, 9.17) is 0 Å². The number of hydrogen-bond donors (Lipinski definition) is 1. The van der Waals surface area contributed by atoms with Gasteiger partial charge in [-0.3, -0.25) is 0 Å². The molecule has 3 heteroatoms. The number of aryl methyl sites for hydroxylation is 1. The third-order valence-electron chi connectivity index (χ3n) is 2.81. The van der Waals surface area contributed by atoms with Crippen LogP contribution in [0.15, 0.2) is 24.3 Å². The van der Waals surface area contributed by atoms with E-state index in [9.17, 15) is 8.78 Å². The lowest BCUT2D eigenvalue weighted by Crippen LogP contribution is -2.48. The number of hydrogen-bond acceptors (Lipinski definition) is 1. The van der Waals surface area contributed by atoms with Crippen molar-refractivity contribution in [1.82, 2.24) is 5.32 Å². The summed E-state index contributed by atoms with van der Waals surface area (Å²) in [5.74, 6) is -2.43. The predicted octanol–water partition coefficient (Wildman–Crippen LogP) is 2.88. The van der Waals surface area contributed by atoms with Crippen LogP contribution in [0.3, 0.4) is 0 Å². The van der Waals surface area contributed by atoms with Crippen LogP contribution in [-0.2, 0) is 6.54 Å². The second-order valence-corrected chi connectivity index (χ2v) is 4.33. The molecule has 1 aromatic rings. The fraction of sp³-hybridized carbons (Fsp3) is 0.500. The van der Waals surface area contributed by atoms with Crippen LogP contribution in [-0.4, -0.2) is 12.0 Å². The van der Waals surface area contributed by atoms with E-state index in [1.54, 1.807) is 0 Å². The average molecular weight is 211 g/mol. The van der Waals surface area contributed by atoms with Crippen molar-refractivity contribution in [1.29, 1.82) is 0 Å². The minimum absolute atomic E-state index is 0.0127. The van der Waals surface area contributed by atoms with E-state index in [-0.39, 0.29) is 18.9 Å². The average Bonchev–Trinajstić information content (AvgIpc) is 2.14. The first-order chi connectivity index (χ1) is 7.05. The van der Waals surface area contributed by atoms with Gasteiger partial charge in [-0.2, -0.15) is 0 Å². The molecule has 1 N–H and O–H groups in total. The van der Waals surface area contributed by atoms with E-state index < -0.39 is 5.92 Å². The Morgan fingerprint density at radius 1 is 1.27 bits per heavy atom. The first kappa shape index (κ1) is 10.6. The number of alkyl halides is 2. The fourth-order valence-corrected chi connectivity index (χ4v) is 1.77. The Hall–Kier alpha value is -0.960. The van der Waals surface area contributed by atoms with Crippen LogP contribution in [0.4, 0.5) is 8.78 Å². The molecule has 0 aromatic heterocycles. The van der Waals surface area contributed by atoms with Gasteiger partial charge in [0.2, 0.25) is 0 Å². The Bertz CT molecular complexity index is 324. The minimum Gasteiger partial charge on any atom is -0.309 e. The highest BCUT2D eigenvalue weighted by Gasteiger charge is 2.44. The molecule has 0 saturated heterocycles. The van der Waals surface area contributed by atoms with Crippen molar-refractivity contribution in [2.75, 3.05) is 0 Å². The van der Waals surface area contributed by atoms with Crippen LogP contribution < -0.4 is 5.32 Å². The molecule has 2 rings (SSSR count). The standard InChI is InChI=1S/C12H15F2N/c1-9-2-4-10(5-3-9)8-15-11-6-12(13,14)7-11/h2-5,11,15H,6-8H2,1H3. The van der Waals surface area contributed by atoms with Gasteiger partial charge in [-0.1, -0.05) is 29.8 Å². The van der Waals surface area contributed by atoms with Crippen molar-refractivity contribution in [2.45, 2.75) is 38.3 Å². The molecule has 15 heavy (non-hydrogen) atoms. The van der Waals surface area contributed by atoms with Gasteiger partial charge in [0, 0.05) is 25.4 Å². The largest absolute Gasteiger partial charge is 0.309 e. The number of rotatable bonds is 3. The normalized spacial score (nSPS) is 19.9. The smallest absolute Gasteiger partial charge is 0.251 e. The first-order valence-electron chi connectivity index (χ1n) is 5.22. The van der Waals surface area contributed by atoms with Gasteiger partial charge < -0.3 is 5.32 Å². The quantitative estimate of drug-likeness (QED) is 0.810. The Balaban J connectivity index is 1.77. The van der Waals surface area contributed by atoms with Gasteiger partial charge >= 0.3 is 0 Å². The topological polar surface area (TPSA) is 12.0 Å². The molecular formula is C12H15F2N. The summed E-state index contributed by atoms with van der Waals surface area (Å²) in [6.45, 7) is 2.71. The second-order valence-electron chi connectivity index (χ2n) is 4.33. The van der Waals surface area contributed by atoms with Gasteiger partial charge in [0.05, 0.1) is 0 Å². The Morgan fingerprint density at radius 3 is 2.40 bits per heavy atom. The summed E-state index contributed by atoms with van der Waals surface area (Å²) in [4.78, 5) is 0. The fourth-order valence-electron chi connectivity index (χ4n) is 1.77. The van der Waals surface area contributed by atoms with Crippen molar-refractivity contribution < 1.29 is 8.78 Å². The van der Waals surface area contributed by atoms with E-state index in [1.807, 2.05) is 31.2 Å². The maximum atomic E-state index is 12.5. The second kappa shape index (κ2) is 3.89. The van der Waals surface area contributed by atoms with Gasteiger partial charge in [-0.25, -0.2) is 8.78 Å². The highest BCUT2D eigenvalue weighted by Crippen LogP contribution is 2.37. The highest BCUT2D eigenvalue weighted by atomic mass is 19.3. The van der Waals surface area contributed by atoms with E-state index in [2.05, 4.69) is 5.32 Å².